The Balaban J connectivity index is 2.01. The molecule has 0 heterocycles. The van der Waals surface area contributed by atoms with Crippen LogP contribution in [0.2, 0.25) is 0 Å². The summed E-state index contributed by atoms with van der Waals surface area (Å²) in [6, 6.07) is 11.6. The molecule has 1 N–H and O–H groups in total. The highest BCUT2D eigenvalue weighted by Gasteiger charge is 2.62. The van der Waals surface area contributed by atoms with Crippen molar-refractivity contribution >= 4 is 0 Å². The van der Waals surface area contributed by atoms with Gasteiger partial charge in [0, 0.05) is 11.5 Å². The summed E-state index contributed by atoms with van der Waals surface area (Å²) < 4.78 is 0. The molecular weight excluding hydrogens is 272 g/mol. The summed E-state index contributed by atoms with van der Waals surface area (Å²) in [5, 5.41) is 29.9. The van der Waals surface area contributed by atoms with Crippen molar-refractivity contribution < 1.29 is 5.11 Å². The van der Waals surface area contributed by atoms with E-state index in [2.05, 4.69) is 24.0 Å². The molecule has 0 radical (unpaired) electrons. The van der Waals surface area contributed by atoms with Crippen LogP contribution in [0, 0.1) is 45.8 Å². The molecule has 1 atom stereocenters. The summed E-state index contributed by atoms with van der Waals surface area (Å²) in [6.45, 7) is 0. The fourth-order valence-corrected chi connectivity index (χ4v) is 3.51. The van der Waals surface area contributed by atoms with Crippen LogP contribution in [0.25, 0.3) is 0 Å². The van der Waals surface area contributed by atoms with Gasteiger partial charge in [-0.2, -0.15) is 10.5 Å². The van der Waals surface area contributed by atoms with Crippen molar-refractivity contribution in [1.82, 2.24) is 0 Å². The van der Waals surface area contributed by atoms with E-state index < -0.39 is 11.0 Å². The van der Waals surface area contributed by atoms with Crippen molar-refractivity contribution in [3.05, 3.63) is 35.4 Å². The van der Waals surface area contributed by atoms with E-state index in [0.717, 1.165) is 25.7 Å². The van der Waals surface area contributed by atoms with E-state index in [1.165, 1.54) is 0 Å². The zero-order valence-corrected chi connectivity index (χ0v) is 12.5. The van der Waals surface area contributed by atoms with Gasteiger partial charge in [-0.05, 0) is 37.8 Å². The Morgan fingerprint density at radius 3 is 2.27 bits per heavy atom. The smallest absolute Gasteiger partial charge is 0.147 e. The summed E-state index contributed by atoms with van der Waals surface area (Å²) >= 11 is 0. The summed E-state index contributed by atoms with van der Waals surface area (Å²) in [7, 11) is 0. The molecule has 0 aromatic heterocycles. The normalized spacial score (nSPS) is 21.8. The number of benzene rings is 1. The monoisotopic (exact) mass is 290 g/mol. The van der Waals surface area contributed by atoms with Crippen molar-refractivity contribution in [2.24, 2.45) is 11.3 Å². The van der Waals surface area contributed by atoms with Gasteiger partial charge in [-0.15, -0.1) is 0 Å². The Morgan fingerprint density at radius 1 is 1.09 bits per heavy atom. The SMILES string of the molecule is N#Cc1ccccc1C#C[C@](O)(C1CCCC1)C1(C#N)CC1. The third kappa shape index (κ3) is 2.27. The lowest BCUT2D eigenvalue weighted by Crippen LogP contribution is -2.44. The number of hydrogen-bond acceptors (Lipinski definition) is 3. The maximum Gasteiger partial charge on any atom is 0.147 e. The molecule has 2 saturated carbocycles. The highest BCUT2D eigenvalue weighted by atomic mass is 16.3. The summed E-state index contributed by atoms with van der Waals surface area (Å²) in [5.41, 5.74) is -0.835. The second-order valence-electron chi connectivity index (χ2n) is 6.35. The first-order chi connectivity index (χ1) is 10.6. The minimum Gasteiger partial charge on any atom is -0.376 e. The first-order valence-electron chi connectivity index (χ1n) is 7.81. The minimum atomic E-state index is -1.25. The third-order valence-corrected chi connectivity index (χ3v) is 5.07. The van der Waals surface area contributed by atoms with Crippen LogP contribution in [0.1, 0.15) is 49.7 Å². The molecule has 3 rings (SSSR count). The summed E-state index contributed by atoms with van der Waals surface area (Å²) in [5.74, 6) is 6.07. The van der Waals surface area contributed by atoms with Crippen LogP contribution in [0.5, 0.6) is 0 Å². The van der Waals surface area contributed by atoms with Gasteiger partial charge in [0.25, 0.3) is 0 Å². The number of aliphatic hydroxyl groups is 1. The highest BCUT2D eigenvalue weighted by molar-refractivity contribution is 5.49. The standard InChI is InChI=1S/C19H18N2O/c20-13-16-6-2-1-5-15(16)9-10-19(22,17-7-3-4-8-17)18(14-21)11-12-18/h1-2,5-6,17,22H,3-4,7-8,11-12H2/t19-/m0/s1. The summed E-state index contributed by atoms with van der Waals surface area (Å²) in [6.07, 6.45) is 5.45. The second kappa shape index (κ2) is 5.49. The zero-order chi connectivity index (χ0) is 15.6. The zero-order valence-electron chi connectivity index (χ0n) is 12.5. The van der Waals surface area contributed by atoms with E-state index in [1.807, 2.05) is 6.07 Å². The average Bonchev–Trinajstić information content (AvgIpc) is 3.18. The molecule has 110 valence electrons. The quantitative estimate of drug-likeness (QED) is 0.851. The predicted octanol–water partition coefficient (Wildman–Crippen LogP) is 3.13. The van der Waals surface area contributed by atoms with Gasteiger partial charge in [-0.25, -0.2) is 0 Å². The molecule has 0 aliphatic heterocycles. The van der Waals surface area contributed by atoms with E-state index in [0.29, 0.717) is 24.0 Å². The van der Waals surface area contributed by atoms with Gasteiger partial charge < -0.3 is 5.11 Å². The lowest BCUT2D eigenvalue weighted by atomic mass is 9.74. The van der Waals surface area contributed by atoms with Crippen LogP contribution in [0.4, 0.5) is 0 Å². The first kappa shape index (κ1) is 14.6. The molecular formula is C19H18N2O. The molecule has 2 aliphatic carbocycles. The lowest BCUT2D eigenvalue weighted by Gasteiger charge is -2.33. The van der Waals surface area contributed by atoms with Gasteiger partial charge in [0.15, 0.2) is 0 Å². The number of nitrogens with zero attached hydrogens (tertiary/aromatic N) is 2. The van der Waals surface area contributed by atoms with Gasteiger partial charge >= 0.3 is 0 Å². The largest absolute Gasteiger partial charge is 0.376 e. The van der Waals surface area contributed by atoms with Crippen molar-refractivity contribution in [3.8, 4) is 24.0 Å². The van der Waals surface area contributed by atoms with E-state index in [4.69, 9.17) is 5.26 Å². The van der Waals surface area contributed by atoms with Gasteiger partial charge in [-0.1, -0.05) is 36.8 Å². The van der Waals surface area contributed by atoms with Crippen LogP contribution < -0.4 is 0 Å². The van der Waals surface area contributed by atoms with Crippen molar-refractivity contribution in [2.45, 2.75) is 44.1 Å². The molecule has 22 heavy (non-hydrogen) atoms. The fraction of sp³-hybridized carbons (Fsp3) is 0.474. The van der Waals surface area contributed by atoms with Gasteiger partial charge in [0.1, 0.15) is 11.7 Å². The molecule has 3 heteroatoms. The van der Waals surface area contributed by atoms with Crippen molar-refractivity contribution in [1.29, 1.82) is 10.5 Å². The second-order valence-corrected chi connectivity index (χ2v) is 6.35. The summed E-state index contributed by atoms with van der Waals surface area (Å²) in [4.78, 5) is 0. The van der Waals surface area contributed by atoms with Crippen molar-refractivity contribution in [3.63, 3.8) is 0 Å². The first-order valence-corrected chi connectivity index (χ1v) is 7.81. The highest BCUT2D eigenvalue weighted by Crippen LogP contribution is 2.58. The Morgan fingerprint density at radius 2 is 1.73 bits per heavy atom. The number of nitriles is 2. The maximum atomic E-state index is 11.2. The van der Waals surface area contributed by atoms with Crippen LogP contribution >= 0.6 is 0 Å². The Hall–Kier alpha value is -2.28. The molecule has 2 aliphatic rings. The van der Waals surface area contributed by atoms with Gasteiger partial charge in [0.05, 0.1) is 17.0 Å². The lowest BCUT2D eigenvalue weighted by molar-refractivity contribution is -0.00659. The molecule has 3 nitrogen and oxygen atoms in total. The van der Waals surface area contributed by atoms with Gasteiger partial charge in [0.2, 0.25) is 0 Å². The number of hydrogen-bond donors (Lipinski definition) is 1. The Labute approximate surface area is 131 Å². The molecule has 0 amide bonds. The topological polar surface area (TPSA) is 67.8 Å². The van der Waals surface area contributed by atoms with Crippen LogP contribution in [0.3, 0.4) is 0 Å². The number of rotatable bonds is 2. The molecule has 0 spiro atoms. The van der Waals surface area contributed by atoms with Crippen LogP contribution in [-0.2, 0) is 0 Å². The van der Waals surface area contributed by atoms with E-state index in [-0.39, 0.29) is 5.92 Å². The Bertz CT molecular complexity index is 718. The minimum absolute atomic E-state index is 0.0661. The molecule has 1 aromatic carbocycles. The molecule has 0 unspecified atom stereocenters. The Kier molecular flexibility index (Phi) is 3.66. The maximum absolute atomic E-state index is 11.2. The van der Waals surface area contributed by atoms with Gasteiger partial charge in [-0.3, -0.25) is 0 Å². The van der Waals surface area contributed by atoms with E-state index in [9.17, 15) is 10.4 Å². The fourth-order valence-electron chi connectivity index (χ4n) is 3.51. The van der Waals surface area contributed by atoms with Crippen LogP contribution in [0.15, 0.2) is 24.3 Å². The van der Waals surface area contributed by atoms with Crippen LogP contribution in [-0.4, -0.2) is 10.7 Å². The van der Waals surface area contributed by atoms with E-state index in [1.54, 1.807) is 18.2 Å². The van der Waals surface area contributed by atoms with Crippen molar-refractivity contribution in [2.75, 3.05) is 0 Å². The van der Waals surface area contributed by atoms with E-state index >= 15 is 0 Å². The molecule has 1 aromatic rings. The molecule has 0 bridgehead atoms. The molecule has 2 fully saturated rings. The average molecular weight is 290 g/mol. The third-order valence-electron chi connectivity index (χ3n) is 5.07. The molecule has 0 saturated heterocycles. The predicted molar refractivity (Wildman–Crippen MR) is 82.2 cm³/mol.